The van der Waals surface area contributed by atoms with Crippen LogP contribution in [0.3, 0.4) is 0 Å². The Morgan fingerprint density at radius 2 is 1.89 bits per heavy atom. The molecule has 4 heterocycles. The highest BCUT2D eigenvalue weighted by molar-refractivity contribution is 5.93. The number of imidazole rings is 1. The Morgan fingerprint density at radius 3 is 2.71 bits per heavy atom. The maximum Gasteiger partial charge on any atom is 0.156 e. The number of aromatic nitrogens is 4. The predicted octanol–water partition coefficient (Wildman–Crippen LogP) is 4.17. The molecule has 1 saturated heterocycles. The Balaban J connectivity index is 1.71. The highest BCUT2D eigenvalue weighted by Gasteiger charge is 2.19. The van der Waals surface area contributed by atoms with Gasteiger partial charge in [0.05, 0.1) is 23.1 Å². The molecule has 3 aromatic heterocycles. The fraction of sp³-hybridized carbons (Fsp3) is 0.318. The summed E-state index contributed by atoms with van der Waals surface area (Å²) in [5.74, 6) is 0.164. The van der Waals surface area contributed by atoms with Crippen molar-refractivity contribution in [2.75, 3.05) is 13.1 Å². The van der Waals surface area contributed by atoms with Crippen LogP contribution >= 0.6 is 0 Å². The van der Waals surface area contributed by atoms with Gasteiger partial charge in [-0.3, -0.25) is 4.98 Å². The maximum absolute atomic E-state index is 14.4. The second-order valence-corrected chi connectivity index (χ2v) is 7.65. The summed E-state index contributed by atoms with van der Waals surface area (Å²) in [5.41, 5.74) is 6.06. The number of halogens is 1. The van der Waals surface area contributed by atoms with Crippen LogP contribution in [-0.2, 0) is 0 Å². The van der Waals surface area contributed by atoms with Crippen molar-refractivity contribution in [3.63, 3.8) is 0 Å². The second kappa shape index (κ2) is 6.63. The van der Waals surface area contributed by atoms with Crippen LogP contribution < -0.4 is 5.32 Å². The Labute approximate surface area is 162 Å². The van der Waals surface area contributed by atoms with Gasteiger partial charge in [0, 0.05) is 22.6 Å². The monoisotopic (exact) mass is 375 g/mol. The summed E-state index contributed by atoms with van der Waals surface area (Å²) in [7, 11) is 0. The van der Waals surface area contributed by atoms with Crippen molar-refractivity contribution >= 4 is 16.6 Å². The average molecular weight is 375 g/mol. The summed E-state index contributed by atoms with van der Waals surface area (Å²) in [4.78, 5) is 9.48. The fourth-order valence-corrected chi connectivity index (χ4v) is 4.13. The van der Waals surface area contributed by atoms with E-state index in [0.29, 0.717) is 11.6 Å². The van der Waals surface area contributed by atoms with Crippen LogP contribution in [0.4, 0.5) is 4.39 Å². The van der Waals surface area contributed by atoms with Gasteiger partial charge in [-0.1, -0.05) is 6.07 Å². The number of aryl methyl sites for hydroxylation is 2. The van der Waals surface area contributed by atoms with Crippen molar-refractivity contribution in [1.29, 1.82) is 0 Å². The van der Waals surface area contributed by atoms with Crippen LogP contribution in [0.15, 0.2) is 36.5 Å². The van der Waals surface area contributed by atoms with Crippen LogP contribution in [0.5, 0.6) is 0 Å². The molecule has 0 amide bonds. The van der Waals surface area contributed by atoms with E-state index in [1.165, 1.54) is 0 Å². The second-order valence-electron chi connectivity index (χ2n) is 7.65. The minimum atomic E-state index is -0.278. The summed E-state index contributed by atoms with van der Waals surface area (Å²) in [6.45, 7) is 5.97. The van der Waals surface area contributed by atoms with E-state index in [9.17, 15) is 4.39 Å². The SMILES string of the molecule is Cc1cn2nc(-c3cc(F)cc4ccc(C5CCNCC5)nc34)cc(C)c2n1. The normalized spacial score (nSPS) is 15.5. The molecule has 0 saturated carbocycles. The first-order chi connectivity index (χ1) is 13.6. The smallest absolute Gasteiger partial charge is 0.156 e. The number of hydrogen-bond acceptors (Lipinski definition) is 4. The molecule has 0 atom stereocenters. The van der Waals surface area contributed by atoms with Crippen molar-refractivity contribution in [1.82, 2.24) is 24.9 Å². The van der Waals surface area contributed by atoms with Gasteiger partial charge >= 0.3 is 0 Å². The van der Waals surface area contributed by atoms with Gasteiger partial charge in [-0.2, -0.15) is 5.10 Å². The number of piperidine rings is 1. The Kier molecular flexibility index (Phi) is 4.09. The van der Waals surface area contributed by atoms with Gasteiger partial charge in [-0.15, -0.1) is 0 Å². The third kappa shape index (κ3) is 2.94. The molecule has 6 heteroatoms. The lowest BCUT2D eigenvalue weighted by molar-refractivity contribution is 0.454. The standard InChI is InChI=1S/C22H22FN5/c1-13-9-20(27-28-12-14(2)25-22(13)28)18-11-17(23)10-16-3-4-19(26-21(16)18)15-5-7-24-8-6-15/h3-4,9-12,15,24H,5-8H2,1-2H3. The van der Waals surface area contributed by atoms with Crippen LogP contribution in [0.25, 0.3) is 27.8 Å². The van der Waals surface area contributed by atoms with Crippen LogP contribution in [0, 0.1) is 19.7 Å². The van der Waals surface area contributed by atoms with E-state index in [2.05, 4.69) is 10.3 Å². The van der Waals surface area contributed by atoms with Crippen LogP contribution in [0.2, 0.25) is 0 Å². The van der Waals surface area contributed by atoms with E-state index in [0.717, 1.165) is 65.0 Å². The lowest BCUT2D eigenvalue weighted by Crippen LogP contribution is -2.27. The number of hydrogen-bond donors (Lipinski definition) is 1. The van der Waals surface area contributed by atoms with Gasteiger partial charge in [-0.05, 0) is 69.6 Å². The van der Waals surface area contributed by atoms with E-state index >= 15 is 0 Å². The van der Waals surface area contributed by atoms with E-state index in [1.807, 2.05) is 38.2 Å². The van der Waals surface area contributed by atoms with Crippen LogP contribution in [0.1, 0.15) is 35.7 Å². The van der Waals surface area contributed by atoms with Gasteiger partial charge in [-0.25, -0.2) is 13.9 Å². The van der Waals surface area contributed by atoms with Crippen molar-refractivity contribution in [2.24, 2.45) is 0 Å². The number of nitrogens with zero attached hydrogens (tertiary/aromatic N) is 4. The zero-order chi connectivity index (χ0) is 19.3. The lowest BCUT2D eigenvalue weighted by atomic mass is 9.93. The van der Waals surface area contributed by atoms with Gasteiger partial charge in [0.2, 0.25) is 0 Å². The topological polar surface area (TPSA) is 55.1 Å². The average Bonchev–Trinajstić information content (AvgIpc) is 3.08. The molecule has 1 aliphatic heterocycles. The first-order valence-corrected chi connectivity index (χ1v) is 9.73. The zero-order valence-electron chi connectivity index (χ0n) is 16.0. The summed E-state index contributed by atoms with van der Waals surface area (Å²) in [6.07, 6.45) is 4.04. The first kappa shape index (κ1) is 17.3. The molecule has 28 heavy (non-hydrogen) atoms. The molecule has 0 aliphatic carbocycles. The van der Waals surface area contributed by atoms with Crippen molar-refractivity contribution in [3.05, 3.63) is 59.3 Å². The molecule has 0 spiro atoms. The molecule has 0 unspecified atom stereocenters. The highest BCUT2D eigenvalue weighted by atomic mass is 19.1. The van der Waals surface area contributed by atoms with Gasteiger partial charge in [0.25, 0.3) is 0 Å². The third-order valence-corrected chi connectivity index (χ3v) is 5.54. The Hall–Kier alpha value is -2.86. The van der Waals surface area contributed by atoms with Gasteiger partial charge in [0.1, 0.15) is 5.82 Å². The summed E-state index contributed by atoms with van der Waals surface area (Å²) >= 11 is 0. The van der Waals surface area contributed by atoms with E-state index < -0.39 is 0 Å². The quantitative estimate of drug-likeness (QED) is 0.571. The van der Waals surface area contributed by atoms with Gasteiger partial charge in [0.15, 0.2) is 5.65 Å². The van der Waals surface area contributed by atoms with Crippen molar-refractivity contribution in [2.45, 2.75) is 32.6 Å². The predicted molar refractivity (Wildman–Crippen MR) is 108 cm³/mol. The molecule has 5 nitrogen and oxygen atoms in total. The molecule has 0 bridgehead atoms. The number of benzene rings is 1. The fourth-order valence-electron chi connectivity index (χ4n) is 4.13. The minimum absolute atomic E-state index is 0.278. The van der Waals surface area contributed by atoms with E-state index in [4.69, 9.17) is 10.1 Å². The molecule has 1 N–H and O–H groups in total. The minimum Gasteiger partial charge on any atom is -0.317 e. The lowest BCUT2D eigenvalue weighted by Gasteiger charge is -2.22. The third-order valence-electron chi connectivity index (χ3n) is 5.54. The molecule has 142 valence electrons. The molecule has 5 rings (SSSR count). The number of rotatable bonds is 2. The van der Waals surface area contributed by atoms with E-state index in [-0.39, 0.29) is 5.82 Å². The number of pyridine rings is 1. The summed E-state index contributed by atoms with van der Waals surface area (Å²) in [6, 6.07) is 9.08. The molecular weight excluding hydrogens is 353 g/mol. The zero-order valence-corrected chi connectivity index (χ0v) is 16.0. The molecule has 1 fully saturated rings. The molecule has 0 radical (unpaired) electrons. The summed E-state index contributed by atoms with van der Waals surface area (Å²) in [5, 5.41) is 8.89. The molecule has 1 aliphatic rings. The van der Waals surface area contributed by atoms with Gasteiger partial charge < -0.3 is 5.32 Å². The van der Waals surface area contributed by atoms with Crippen molar-refractivity contribution in [3.8, 4) is 11.3 Å². The maximum atomic E-state index is 14.4. The largest absolute Gasteiger partial charge is 0.317 e. The van der Waals surface area contributed by atoms with Crippen molar-refractivity contribution < 1.29 is 4.39 Å². The first-order valence-electron chi connectivity index (χ1n) is 9.73. The highest BCUT2D eigenvalue weighted by Crippen LogP contribution is 2.31. The number of nitrogens with one attached hydrogen (secondary N) is 1. The molecule has 1 aromatic carbocycles. The Morgan fingerprint density at radius 1 is 1.07 bits per heavy atom. The molecule has 4 aromatic rings. The summed E-state index contributed by atoms with van der Waals surface area (Å²) < 4.78 is 16.1. The number of fused-ring (bicyclic) bond motifs is 2. The van der Waals surface area contributed by atoms with Crippen LogP contribution in [-0.4, -0.2) is 32.7 Å². The Bertz CT molecular complexity index is 1190. The van der Waals surface area contributed by atoms with E-state index in [1.54, 1.807) is 16.6 Å². The molecular formula is C22H22FN5.